The lowest BCUT2D eigenvalue weighted by Gasteiger charge is -2.47. The van der Waals surface area contributed by atoms with Gasteiger partial charge in [-0.05, 0) is 18.3 Å². The Hall–Kier alpha value is -0.350. The molecule has 0 bridgehead atoms. The standard InChI is InChI=1S/C9H14ClN3S/c1-9(2)4-6(5-9)13(3)8-7(10)11-14-12-8/h6H,4-5H2,1-3H3. The molecule has 1 aromatic heterocycles. The predicted octanol–water partition coefficient (Wildman–Crippen LogP) is 2.82. The first kappa shape index (κ1) is 10.2. The van der Waals surface area contributed by atoms with Crippen LogP contribution in [0.2, 0.25) is 5.15 Å². The fraction of sp³-hybridized carbons (Fsp3) is 0.778. The summed E-state index contributed by atoms with van der Waals surface area (Å²) < 4.78 is 8.16. The second-order valence-corrected chi connectivity index (χ2v) is 5.60. The topological polar surface area (TPSA) is 29.0 Å². The highest BCUT2D eigenvalue weighted by Gasteiger charge is 2.39. The first-order chi connectivity index (χ1) is 6.49. The van der Waals surface area contributed by atoms with Gasteiger partial charge in [-0.3, -0.25) is 0 Å². The van der Waals surface area contributed by atoms with Gasteiger partial charge in [0.25, 0.3) is 0 Å². The third-order valence-corrected chi connectivity index (χ3v) is 3.76. The predicted molar refractivity (Wildman–Crippen MR) is 60.1 cm³/mol. The number of rotatable bonds is 2. The summed E-state index contributed by atoms with van der Waals surface area (Å²) in [5.41, 5.74) is 0.481. The highest BCUT2D eigenvalue weighted by Crippen LogP contribution is 2.43. The van der Waals surface area contributed by atoms with E-state index in [9.17, 15) is 0 Å². The van der Waals surface area contributed by atoms with E-state index < -0.39 is 0 Å². The first-order valence-electron chi connectivity index (χ1n) is 4.70. The highest BCUT2D eigenvalue weighted by molar-refractivity contribution is 6.99. The van der Waals surface area contributed by atoms with Crippen LogP contribution in [0.4, 0.5) is 5.82 Å². The zero-order valence-electron chi connectivity index (χ0n) is 8.62. The highest BCUT2D eigenvalue weighted by atomic mass is 35.5. The molecule has 1 aliphatic rings. The van der Waals surface area contributed by atoms with E-state index in [4.69, 9.17) is 11.6 Å². The normalized spacial score (nSPS) is 20.6. The molecule has 0 aliphatic heterocycles. The van der Waals surface area contributed by atoms with E-state index in [1.54, 1.807) is 0 Å². The molecule has 1 saturated carbocycles. The summed E-state index contributed by atoms with van der Waals surface area (Å²) in [7, 11) is 2.04. The van der Waals surface area contributed by atoms with Crippen molar-refractivity contribution in [2.24, 2.45) is 5.41 Å². The Balaban J connectivity index is 2.04. The quantitative estimate of drug-likeness (QED) is 0.784. The van der Waals surface area contributed by atoms with Crippen LogP contribution in [0.5, 0.6) is 0 Å². The van der Waals surface area contributed by atoms with E-state index >= 15 is 0 Å². The van der Waals surface area contributed by atoms with Gasteiger partial charge in [-0.15, -0.1) is 0 Å². The molecular weight excluding hydrogens is 218 g/mol. The second kappa shape index (κ2) is 3.35. The molecule has 0 aromatic carbocycles. The molecule has 0 radical (unpaired) electrons. The summed E-state index contributed by atoms with van der Waals surface area (Å²) in [6.45, 7) is 4.58. The molecule has 0 atom stereocenters. The van der Waals surface area contributed by atoms with Crippen LogP contribution < -0.4 is 4.90 Å². The lowest BCUT2D eigenvalue weighted by atomic mass is 9.68. The van der Waals surface area contributed by atoms with Gasteiger partial charge < -0.3 is 4.90 Å². The molecule has 1 aromatic rings. The molecule has 0 saturated heterocycles. The third-order valence-electron chi connectivity index (χ3n) is 2.89. The van der Waals surface area contributed by atoms with Crippen molar-refractivity contribution in [3.63, 3.8) is 0 Å². The van der Waals surface area contributed by atoms with Gasteiger partial charge in [0.1, 0.15) is 0 Å². The summed E-state index contributed by atoms with van der Waals surface area (Å²) in [6, 6.07) is 0.575. The minimum absolute atomic E-state index is 0.481. The number of hydrogen-bond donors (Lipinski definition) is 0. The minimum Gasteiger partial charge on any atom is -0.353 e. The van der Waals surface area contributed by atoms with Gasteiger partial charge in [0, 0.05) is 13.1 Å². The maximum absolute atomic E-state index is 5.93. The Bertz CT molecular complexity index is 329. The van der Waals surface area contributed by atoms with E-state index in [2.05, 4.69) is 27.5 Å². The van der Waals surface area contributed by atoms with Crippen LogP contribution in [0.25, 0.3) is 0 Å². The average molecular weight is 232 g/mol. The molecule has 78 valence electrons. The van der Waals surface area contributed by atoms with Gasteiger partial charge in [0.2, 0.25) is 0 Å². The van der Waals surface area contributed by atoms with Crippen molar-refractivity contribution in [1.29, 1.82) is 0 Å². The maximum atomic E-state index is 5.93. The number of hydrogen-bond acceptors (Lipinski definition) is 4. The SMILES string of the molecule is CN(c1nsnc1Cl)C1CC(C)(C)C1. The molecule has 0 unspecified atom stereocenters. The van der Waals surface area contributed by atoms with Gasteiger partial charge in [0.05, 0.1) is 11.7 Å². The molecule has 0 amide bonds. The van der Waals surface area contributed by atoms with Gasteiger partial charge in [0.15, 0.2) is 11.0 Å². The Kier molecular flexibility index (Phi) is 2.43. The van der Waals surface area contributed by atoms with Gasteiger partial charge in [-0.25, -0.2) is 0 Å². The molecule has 0 N–H and O–H groups in total. The van der Waals surface area contributed by atoms with Gasteiger partial charge >= 0.3 is 0 Å². The van der Waals surface area contributed by atoms with Crippen LogP contribution in [0.1, 0.15) is 26.7 Å². The fourth-order valence-electron chi connectivity index (χ4n) is 2.05. The lowest BCUT2D eigenvalue weighted by Crippen LogP contribution is -2.47. The summed E-state index contributed by atoms with van der Waals surface area (Å²) >= 11 is 7.10. The molecule has 0 spiro atoms. The molecule has 2 rings (SSSR count). The van der Waals surface area contributed by atoms with Crippen LogP contribution in [0, 0.1) is 5.41 Å². The fourth-order valence-corrected chi connectivity index (χ4v) is 2.85. The van der Waals surface area contributed by atoms with Crippen molar-refractivity contribution in [2.75, 3.05) is 11.9 Å². The molecule has 1 aliphatic carbocycles. The lowest BCUT2D eigenvalue weighted by molar-refractivity contribution is 0.150. The minimum atomic E-state index is 0.481. The zero-order valence-corrected chi connectivity index (χ0v) is 10.2. The van der Waals surface area contributed by atoms with E-state index in [0.29, 0.717) is 16.6 Å². The first-order valence-corrected chi connectivity index (χ1v) is 5.81. The van der Waals surface area contributed by atoms with Crippen molar-refractivity contribution >= 4 is 29.1 Å². The molecule has 14 heavy (non-hydrogen) atoms. The molecule has 3 nitrogen and oxygen atoms in total. The third kappa shape index (κ3) is 1.73. The van der Waals surface area contributed by atoms with Crippen molar-refractivity contribution in [2.45, 2.75) is 32.7 Å². The number of nitrogens with zero attached hydrogens (tertiary/aromatic N) is 3. The summed E-state index contributed by atoms with van der Waals surface area (Å²) in [5, 5.41) is 0.530. The zero-order chi connectivity index (χ0) is 10.3. The van der Waals surface area contributed by atoms with E-state index in [1.165, 1.54) is 24.6 Å². The van der Waals surface area contributed by atoms with Crippen molar-refractivity contribution in [3.05, 3.63) is 5.15 Å². The summed E-state index contributed by atoms with van der Waals surface area (Å²) in [5.74, 6) is 0.831. The van der Waals surface area contributed by atoms with Crippen LogP contribution in [0.15, 0.2) is 0 Å². The monoisotopic (exact) mass is 231 g/mol. The van der Waals surface area contributed by atoms with Crippen LogP contribution in [0.3, 0.4) is 0 Å². The van der Waals surface area contributed by atoms with Gasteiger partial charge in [-0.2, -0.15) is 8.75 Å². The second-order valence-electron chi connectivity index (χ2n) is 4.72. The Morgan fingerprint density at radius 3 is 2.50 bits per heavy atom. The van der Waals surface area contributed by atoms with E-state index in [1.807, 2.05) is 7.05 Å². The van der Waals surface area contributed by atoms with E-state index in [-0.39, 0.29) is 0 Å². The van der Waals surface area contributed by atoms with E-state index in [0.717, 1.165) is 5.82 Å². The van der Waals surface area contributed by atoms with Crippen LogP contribution >= 0.6 is 23.3 Å². The smallest absolute Gasteiger partial charge is 0.187 e. The molecule has 1 fully saturated rings. The molecule has 1 heterocycles. The Morgan fingerprint density at radius 1 is 1.43 bits per heavy atom. The average Bonchev–Trinajstić information content (AvgIpc) is 2.45. The van der Waals surface area contributed by atoms with Crippen molar-refractivity contribution in [3.8, 4) is 0 Å². The van der Waals surface area contributed by atoms with Crippen LogP contribution in [-0.4, -0.2) is 21.8 Å². The van der Waals surface area contributed by atoms with Crippen LogP contribution in [-0.2, 0) is 0 Å². The number of aromatic nitrogens is 2. The van der Waals surface area contributed by atoms with Gasteiger partial charge in [-0.1, -0.05) is 25.4 Å². The largest absolute Gasteiger partial charge is 0.353 e. The maximum Gasteiger partial charge on any atom is 0.187 e. The summed E-state index contributed by atoms with van der Waals surface area (Å²) in [4.78, 5) is 2.15. The van der Waals surface area contributed by atoms with Crippen molar-refractivity contribution < 1.29 is 0 Å². The Morgan fingerprint density at radius 2 is 2.07 bits per heavy atom. The molecular formula is C9H14ClN3S. The number of anilines is 1. The molecule has 5 heteroatoms. The Labute approximate surface area is 93.4 Å². The number of halogens is 1. The summed E-state index contributed by atoms with van der Waals surface area (Å²) in [6.07, 6.45) is 2.41. The van der Waals surface area contributed by atoms with Crippen molar-refractivity contribution in [1.82, 2.24) is 8.75 Å².